The van der Waals surface area contributed by atoms with Crippen LogP contribution in [0.4, 0.5) is 0 Å². The summed E-state index contributed by atoms with van der Waals surface area (Å²) in [5, 5.41) is 9.26. The second-order valence-corrected chi connectivity index (χ2v) is 10.9. The van der Waals surface area contributed by atoms with E-state index in [1.54, 1.807) is 5.56 Å². The van der Waals surface area contributed by atoms with Gasteiger partial charge in [-0.15, -0.1) is 0 Å². The first-order chi connectivity index (χ1) is 13.4. The number of carboxylic acid groups (broad SMARTS) is 1. The number of hydrogen-bond acceptors (Lipinski definition) is 1. The predicted molar refractivity (Wildman–Crippen MR) is 126 cm³/mol. The molecule has 0 aliphatic carbocycles. The van der Waals surface area contributed by atoms with Crippen molar-refractivity contribution < 1.29 is 9.90 Å². The summed E-state index contributed by atoms with van der Waals surface area (Å²) in [6, 6.07) is 4.63. The minimum atomic E-state index is -0.684. The molecular weight excluding hydrogens is 356 g/mol. The number of hydrogen-bond donors (Lipinski definition) is 1. The Hall–Kier alpha value is -1.31. The molecule has 0 unspecified atom stereocenters. The van der Waals surface area contributed by atoms with Crippen molar-refractivity contribution in [1.29, 1.82) is 0 Å². The third-order valence-corrected chi connectivity index (χ3v) is 6.40. The van der Waals surface area contributed by atoms with E-state index in [0.29, 0.717) is 5.41 Å². The van der Waals surface area contributed by atoms with Gasteiger partial charge in [0.1, 0.15) is 0 Å². The lowest BCUT2D eigenvalue weighted by molar-refractivity contribution is -0.147. The molecule has 166 valence electrons. The molecular formula is C27H46O2. The van der Waals surface area contributed by atoms with E-state index in [4.69, 9.17) is 0 Å². The van der Waals surface area contributed by atoms with Crippen LogP contribution in [-0.4, -0.2) is 11.1 Å². The fourth-order valence-electron chi connectivity index (χ4n) is 3.99. The number of rotatable bonds is 13. The van der Waals surface area contributed by atoms with Crippen molar-refractivity contribution in [3.63, 3.8) is 0 Å². The van der Waals surface area contributed by atoms with Crippen LogP contribution < -0.4 is 0 Å². The summed E-state index contributed by atoms with van der Waals surface area (Å²) in [5.74, 6) is -0.684. The van der Waals surface area contributed by atoms with Gasteiger partial charge in [-0.3, -0.25) is 4.79 Å². The van der Waals surface area contributed by atoms with Gasteiger partial charge in [0.2, 0.25) is 0 Å². The van der Waals surface area contributed by atoms with Crippen molar-refractivity contribution in [3.05, 3.63) is 34.4 Å². The van der Waals surface area contributed by atoms with Crippen molar-refractivity contribution in [2.75, 3.05) is 0 Å². The van der Waals surface area contributed by atoms with E-state index in [9.17, 15) is 9.90 Å². The van der Waals surface area contributed by atoms with Gasteiger partial charge in [0, 0.05) is 0 Å². The van der Waals surface area contributed by atoms with Crippen LogP contribution in [0.5, 0.6) is 0 Å². The second kappa shape index (κ2) is 11.8. The van der Waals surface area contributed by atoms with E-state index < -0.39 is 11.4 Å². The summed E-state index contributed by atoms with van der Waals surface area (Å²) in [4.78, 5) is 11.2. The highest BCUT2D eigenvalue weighted by Gasteiger charge is 2.25. The molecule has 0 amide bonds. The largest absolute Gasteiger partial charge is 0.481 e. The predicted octanol–water partition coefficient (Wildman–Crippen LogP) is 8.06. The molecule has 0 bridgehead atoms. The lowest BCUT2D eigenvalue weighted by atomic mass is 9.86. The summed E-state index contributed by atoms with van der Waals surface area (Å²) >= 11 is 0. The lowest BCUT2D eigenvalue weighted by Crippen LogP contribution is -2.23. The van der Waals surface area contributed by atoms with Crippen molar-refractivity contribution >= 4 is 5.97 Å². The molecule has 29 heavy (non-hydrogen) atoms. The average molecular weight is 403 g/mol. The smallest absolute Gasteiger partial charge is 0.309 e. The number of carbonyl (C=O) groups is 1. The Kier molecular flexibility index (Phi) is 10.4. The van der Waals surface area contributed by atoms with E-state index in [1.807, 2.05) is 13.8 Å². The van der Waals surface area contributed by atoms with E-state index in [-0.39, 0.29) is 0 Å². The molecule has 0 aliphatic heterocycles. The molecule has 2 heteroatoms. The zero-order valence-corrected chi connectivity index (χ0v) is 20.3. The third-order valence-electron chi connectivity index (χ3n) is 6.40. The van der Waals surface area contributed by atoms with Crippen molar-refractivity contribution in [2.24, 2.45) is 10.8 Å². The van der Waals surface area contributed by atoms with E-state index in [0.717, 1.165) is 32.1 Å². The quantitative estimate of drug-likeness (QED) is 0.339. The molecule has 1 aromatic rings. The average Bonchev–Trinajstić information content (AvgIpc) is 2.61. The van der Waals surface area contributed by atoms with Crippen LogP contribution in [0.25, 0.3) is 0 Å². The Morgan fingerprint density at radius 2 is 1.34 bits per heavy atom. The third kappa shape index (κ3) is 9.83. The first-order valence-corrected chi connectivity index (χ1v) is 11.8. The van der Waals surface area contributed by atoms with Crippen molar-refractivity contribution in [1.82, 2.24) is 0 Å². The van der Waals surface area contributed by atoms with E-state index in [2.05, 4.69) is 46.8 Å². The zero-order valence-electron chi connectivity index (χ0n) is 20.3. The van der Waals surface area contributed by atoms with Crippen molar-refractivity contribution in [2.45, 2.75) is 119 Å². The summed E-state index contributed by atoms with van der Waals surface area (Å²) in [6.45, 7) is 15.1. The first-order valence-electron chi connectivity index (χ1n) is 11.8. The second-order valence-electron chi connectivity index (χ2n) is 10.9. The fourth-order valence-corrected chi connectivity index (χ4v) is 3.99. The van der Waals surface area contributed by atoms with Gasteiger partial charge in [-0.25, -0.2) is 0 Å². The van der Waals surface area contributed by atoms with Crippen LogP contribution >= 0.6 is 0 Å². The Bertz CT molecular complexity index is 635. The Balaban J connectivity index is 2.49. The number of aliphatic carboxylic acids is 1. The molecule has 0 fully saturated rings. The van der Waals surface area contributed by atoms with Gasteiger partial charge in [-0.05, 0) is 93.9 Å². The maximum atomic E-state index is 11.2. The van der Waals surface area contributed by atoms with Crippen LogP contribution in [0.2, 0.25) is 0 Å². The SMILES string of the molecule is Cc1ccc(CCCCCCC(C)(C)C)c(CCCCCC(C)(C)C(=O)O)c1C. The zero-order chi connectivity index (χ0) is 22.1. The Morgan fingerprint density at radius 3 is 1.97 bits per heavy atom. The molecule has 0 atom stereocenters. The fraction of sp³-hybridized carbons (Fsp3) is 0.741. The molecule has 0 saturated carbocycles. The maximum absolute atomic E-state index is 11.2. The van der Waals surface area contributed by atoms with Gasteiger partial charge >= 0.3 is 5.97 Å². The van der Waals surface area contributed by atoms with Crippen LogP contribution in [-0.2, 0) is 17.6 Å². The molecule has 1 rings (SSSR count). The molecule has 0 aliphatic rings. The van der Waals surface area contributed by atoms with E-state index in [1.165, 1.54) is 55.2 Å². The summed E-state index contributed by atoms with van der Waals surface area (Å²) < 4.78 is 0. The molecule has 1 N–H and O–H groups in total. The molecule has 0 heterocycles. The number of unbranched alkanes of at least 4 members (excludes halogenated alkanes) is 5. The van der Waals surface area contributed by atoms with Crippen LogP contribution in [0.15, 0.2) is 12.1 Å². The monoisotopic (exact) mass is 402 g/mol. The minimum Gasteiger partial charge on any atom is -0.481 e. The van der Waals surface area contributed by atoms with E-state index >= 15 is 0 Å². The molecule has 2 nitrogen and oxygen atoms in total. The van der Waals surface area contributed by atoms with Gasteiger partial charge in [0.15, 0.2) is 0 Å². The minimum absolute atomic E-state index is 0.459. The van der Waals surface area contributed by atoms with Gasteiger partial charge in [-0.2, -0.15) is 0 Å². The highest BCUT2D eigenvalue weighted by atomic mass is 16.4. The standard InChI is InChI=1S/C27H46O2/c1-21-17-18-23(15-11-8-9-13-19-26(3,4)5)24(22(21)2)16-12-10-14-20-27(6,7)25(28)29/h17-18H,8-16,19-20H2,1-7H3,(H,28,29). The topological polar surface area (TPSA) is 37.3 Å². The Labute approximate surface area is 180 Å². The highest BCUT2D eigenvalue weighted by molar-refractivity contribution is 5.73. The molecule has 0 saturated heterocycles. The van der Waals surface area contributed by atoms with Gasteiger partial charge < -0.3 is 5.11 Å². The first kappa shape index (κ1) is 25.7. The van der Waals surface area contributed by atoms with Gasteiger partial charge in [-0.1, -0.05) is 65.0 Å². The van der Waals surface area contributed by atoms with Crippen molar-refractivity contribution in [3.8, 4) is 0 Å². The summed E-state index contributed by atoms with van der Waals surface area (Å²) in [7, 11) is 0. The number of aryl methyl sites for hydroxylation is 2. The summed E-state index contributed by atoms with van der Waals surface area (Å²) in [6.07, 6.45) is 12.9. The van der Waals surface area contributed by atoms with Crippen LogP contribution in [0.3, 0.4) is 0 Å². The molecule has 0 spiro atoms. The van der Waals surface area contributed by atoms with Crippen LogP contribution in [0.1, 0.15) is 115 Å². The number of carboxylic acids is 1. The van der Waals surface area contributed by atoms with Gasteiger partial charge in [0.25, 0.3) is 0 Å². The van der Waals surface area contributed by atoms with Gasteiger partial charge in [0.05, 0.1) is 5.41 Å². The molecule has 1 aromatic carbocycles. The lowest BCUT2D eigenvalue weighted by Gasteiger charge is -2.19. The summed E-state index contributed by atoms with van der Waals surface area (Å²) in [5.41, 5.74) is 5.80. The number of benzene rings is 1. The van der Waals surface area contributed by atoms with Crippen LogP contribution in [0, 0.1) is 24.7 Å². The normalized spacial score (nSPS) is 12.4. The highest BCUT2D eigenvalue weighted by Crippen LogP contribution is 2.27. The maximum Gasteiger partial charge on any atom is 0.309 e. The molecule has 0 radical (unpaired) electrons. The molecule has 0 aromatic heterocycles. The Morgan fingerprint density at radius 1 is 0.793 bits per heavy atom.